The first-order valence-electron chi connectivity index (χ1n) is 10.6. The van der Waals surface area contributed by atoms with Crippen molar-refractivity contribution in [2.45, 2.75) is 11.8 Å². The zero-order chi connectivity index (χ0) is 22.3. The van der Waals surface area contributed by atoms with Gasteiger partial charge in [-0.3, -0.25) is 4.79 Å². The average Bonchev–Trinajstić information content (AvgIpc) is 2.83. The van der Waals surface area contributed by atoms with Crippen LogP contribution in [0.3, 0.4) is 0 Å². The van der Waals surface area contributed by atoms with Gasteiger partial charge in [-0.05, 0) is 46.5 Å². The highest BCUT2D eigenvalue weighted by Gasteiger charge is 2.24. The smallest absolute Gasteiger partial charge is 0.232 e. The predicted molar refractivity (Wildman–Crippen MR) is 126 cm³/mol. The van der Waals surface area contributed by atoms with Crippen LogP contribution in [0, 0.1) is 0 Å². The molecule has 0 saturated heterocycles. The predicted octanol–water partition coefficient (Wildman–Crippen LogP) is 5.18. The van der Waals surface area contributed by atoms with Gasteiger partial charge in [0.05, 0.1) is 5.92 Å². The van der Waals surface area contributed by atoms with E-state index in [9.17, 15) is 15.0 Å². The number of hydrogen-bond donors (Lipinski definition) is 3. The van der Waals surface area contributed by atoms with Crippen molar-refractivity contribution in [3.8, 4) is 11.5 Å². The van der Waals surface area contributed by atoms with Gasteiger partial charge in [0, 0.05) is 12.5 Å². The molecule has 4 aromatic carbocycles. The number of carbonyl (C=O) groups is 1. The molecule has 0 bridgehead atoms. The summed E-state index contributed by atoms with van der Waals surface area (Å²) in [6.45, 7) is 0.380. The summed E-state index contributed by atoms with van der Waals surface area (Å²) >= 11 is 0. The highest BCUT2D eigenvalue weighted by molar-refractivity contribution is 5.87. The van der Waals surface area contributed by atoms with E-state index in [2.05, 4.69) is 5.32 Å². The van der Waals surface area contributed by atoms with Crippen LogP contribution in [0.5, 0.6) is 11.5 Å². The Bertz CT molecular complexity index is 1060. The quantitative estimate of drug-likeness (QED) is 0.384. The van der Waals surface area contributed by atoms with Crippen molar-refractivity contribution in [3.63, 3.8) is 0 Å². The summed E-state index contributed by atoms with van der Waals surface area (Å²) < 4.78 is 0. The molecule has 0 fully saturated rings. The van der Waals surface area contributed by atoms with Crippen LogP contribution in [0.15, 0.2) is 109 Å². The zero-order valence-corrected chi connectivity index (χ0v) is 17.6. The molecular formula is C28H25NO3. The van der Waals surface area contributed by atoms with E-state index in [1.807, 2.05) is 84.9 Å². The maximum Gasteiger partial charge on any atom is 0.232 e. The molecule has 3 N–H and O–H groups in total. The number of phenols is 2. The molecule has 0 spiro atoms. The summed E-state index contributed by atoms with van der Waals surface area (Å²) in [5.41, 5.74) is 3.79. The lowest BCUT2D eigenvalue weighted by Crippen LogP contribution is -2.33. The SMILES string of the molecule is O=C(NCC(c1ccc(O)cc1)c1ccc(O)cc1)C(c1ccccc1)c1ccccc1. The van der Waals surface area contributed by atoms with Crippen molar-refractivity contribution in [2.24, 2.45) is 0 Å². The number of benzene rings is 4. The third kappa shape index (κ3) is 4.98. The van der Waals surface area contributed by atoms with Gasteiger partial charge in [0.25, 0.3) is 0 Å². The second kappa shape index (κ2) is 9.84. The van der Waals surface area contributed by atoms with E-state index in [1.165, 1.54) is 0 Å². The van der Waals surface area contributed by atoms with Crippen LogP contribution in [0.2, 0.25) is 0 Å². The molecule has 0 atom stereocenters. The fourth-order valence-corrected chi connectivity index (χ4v) is 3.93. The molecule has 4 aromatic rings. The molecule has 0 aliphatic rings. The molecule has 0 unspecified atom stereocenters. The van der Waals surface area contributed by atoms with Gasteiger partial charge in [0.1, 0.15) is 11.5 Å². The first-order valence-corrected chi connectivity index (χ1v) is 10.6. The van der Waals surface area contributed by atoms with E-state index in [-0.39, 0.29) is 23.3 Å². The van der Waals surface area contributed by atoms with E-state index >= 15 is 0 Å². The Morgan fingerprint density at radius 2 is 1.00 bits per heavy atom. The molecule has 0 aromatic heterocycles. The van der Waals surface area contributed by atoms with Crippen molar-refractivity contribution < 1.29 is 15.0 Å². The third-order valence-electron chi connectivity index (χ3n) is 5.60. The normalized spacial score (nSPS) is 10.9. The van der Waals surface area contributed by atoms with Crippen LogP contribution in [0.1, 0.15) is 34.1 Å². The molecule has 4 heteroatoms. The standard InChI is InChI=1S/C28H25NO3/c30-24-15-11-20(12-16-24)26(21-13-17-25(31)18-14-21)19-29-28(32)27(22-7-3-1-4-8-22)23-9-5-2-6-10-23/h1-18,26-27,30-31H,19H2,(H,29,32). The van der Waals surface area contributed by atoms with Crippen LogP contribution in [0.4, 0.5) is 0 Å². The van der Waals surface area contributed by atoms with Gasteiger partial charge < -0.3 is 15.5 Å². The van der Waals surface area contributed by atoms with E-state index in [4.69, 9.17) is 0 Å². The van der Waals surface area contributed by atoms with E-state index in [0.717, 1.165) is 22.3 Å². The molecule has 4 rings (SSSR count). The summed E-state index contributed by atoms with van der Waals surface area (Å²) in [5, 5.41) is 22.5. The molecule has 0 aliphatic carbocycles. The largest absolute Gasteiger partial charge is 0.508 e. The Hall–Kier alpha value is -4.05. The van der Waals surface area contributed by atoms with Crippen LogP contribution in [-0.4, -0.2) is 22.7 Å². The van der Waals surface area contributed by atoms with Gasteiger partial charge in [-0.25, -0.2) is 0 Å². The summed E-state index contributed by atoms with van der Waals surface area (Å²) in [7, 11) is 0. The van der Waals surface area contributed by atoms with Crippen molar-refractivity contribution in [2.75, 3.05) is 6.54 Å². The lowest BCUT2D eigenvalue weighted by atomic mass is 9.88. The molecule has 1 amide bonds. The van der Waals surface area contributed by atoms with E-state index < -0.39 is 5.92 Å². The average molecular weight is 424 g/mol. The minimum absolute atomic E-state index is 0.0787. The van der Waals surface area contributed by atoms with Crippen molar-refractivity contribution in [1.82, 2.24) is 5.32 Å². The minimum atomic E-state index is -0.419. The maximum absolute atomic E-state index is 13.4. The first-order chi connectivity index (χ1) is 15.6. The van der Waals surface area contributed by atoms with Crippen LogP contribution < -0.4 is 5.32 Å². The van der Waals surface area contributed by atoms with Gasteiger partial charge in [-0.1, -0.05) is 84.9 Å². The number of nitrogens with one attached hydrogen (secondary N) is 1. The molecule has 4 nitrogen and oxygen atoms in total. The van der Waals surface area contributed by atoms with Crippen LogP contribution in [0.25, 0.3) is 0 Å². The topological polar surface area (TPSA) is 69.6 Å². The molecule has 0 aliphatic heterocycles. The lowest BCUT2D eigenvalue weighted by Gasteiger charge is -2.22. The fraction of sp³-hybridized carbons (Fsp3) is 0.107. The van der Waals surface area contributed by atoms with Crippen molar-refractivity contribution in [3.05, 3.63) is 131 Å². The second-order valence-electron chi connectivity index (χ2n) is 7.74. The summed E-state index contributed by atoms with van der Waals surface area (Å²) in [6.07, 6.45) is 0. The van der Waals surface area contributed by atoms with Gasteiger partial charge in [-0.2, -0.15) is 0 Å². The zero-order valence-electron chi connectivity index (χ0n) is 17.6. The Morgan fingerprint density at radius 3 is 1.41 bits per heavy atom. The summed E-state index contributed by atoms with van der Waals surface area (Å²) in [5.74, 6) is -0.249. The molecule has 0 radical (unpaired) electrons. The van der Waals surface area contributed by atoms with Crippen molar-refractivity contribution >= 4 is 5.91 Å². The maximum atomic E-state index is 13.4. The van der Waals surface area contributed by atoms with E-state index in [0.29, 0.717) is 6.54 Å². The monoisotopic (exact) mass is 423 g/mol. The second-order valence-corrected chi connectivity index (χ2v) is 7.74. The molecule has 32 heavy (non-hydrogen) atoms. The minimum Gasteiger partial charge on any atom is -0.508 e. The number of hydrogen-bond acceptors (Lipinski definition) is 3. The number of phenolic OH excluding ortho intramolecular Hbond substituents is 2. The molecule has 160 valence electrons. The first kappa shape index (κ1) is 21.2. The highest BCUT2D eigenvalue weighted by atomic mass is 16.3. The van der Waals surface area contributed by atoms with Crippen LogP contribution in [-0.2, 0) is 4.79 Å². The van der Waals surface area contributed by atoms with Crippen molar-refractivity contribution in [1.29, 1.82) is 0 Å². The van der Waals surface area contributed by atoms with Gasteiger partial charge in [-0.15, -0.1) is 0 Å². The Labute approximate surface area is 187 Å². The fourth-order valence-electron chi connectivity index (χ4n) is 3.93. The third-order valence-corrected chi connectivity index (χ3v) is 5.60. The lowest BCUT2D eigenvalue weighted by molar-refractivity contribution is -0.121. The number of carbonyl (C=O) groups excluding carboxylic acids is 1. The molecule has 0 heterocycles. The number of rotatable bonds is 7. The van der Waals surface area contributed by atoms with Gasteiger partial charge in [0.2, 0.25) is 5.91 Å². The molecule has 0 saturated carbocycles. The highest BCUT2D eigenvalue weighted by Crippen LogP contribution is 2.29. The number of aromatic hydroxyl groups is 2. The van der Waals surface area contributed by atoms with Crippen LogP contribution >= 0.6 is 0 Å². The van der Waals surface area contributed by atoms with Gasteiger partial charge in [0.15, 0.2) is 0 Å². The number of amides is 1. The summed E-state index contributed by atoms with van der Waals surface area (Å²) in [6, 6.07) is 33.5. The molecular weight excluding hydrogens is 398 g/mol. The Balaban J connectivity index is 1.61. The summed E-state index contributed by atoms with van der Waals surface area (Å²) in [4.78, 5) is 13.4. The van der Waals surface area contributed by atoms with Gasteiger partial charge >= 0.3 is 0 Å². The van der Waals surface area contributed by atoms with E-state index in [1.54, 1.807) is 24.3 Å². The Morgan fingerprint density at radius 1 is 0.594 bits per heavy atom. The Kier molecular flexibility index (Phi) is 6.52.